The van der Waals surface area contributed by atoms with E-state index >= 15 is 0 Å². The quantitative estimate of drug-likeness (QED) is 0.426. The molecule has 0 unspecified atom stereocenters. The molecule has 4 nitrogen and oxygen atoms in total. The van der Waals surface area contributed by atoms with Crippen molar-refractivity contribution in [3.8, 4) is 0 Å². The maximum atomic E-state index is 11.2. The number of benzene rings is 1. The highest BCUT2D eigenvalue weighted by molar-refractivity contribution is 6.31. The average molecular weight is 214 g/mol. The van der Waals surface area contributed by atoms with Crippen molar-refractivity contribution in [2.24, 2.45) is 5.84 Å². The Kier molecular flexibility index (Phi) is 3.33. The van der Waals surface area contributed by atoms with Gasteiger partial charge in [-0.25, -0.2) is 10.6 Å². The van der Waals surface area contributed by atoms with E-state index in [4.69, 9.17) is 17.4 Å². The Morgan fingerprint density at radius 2 is 2.21 bits per heavy atom. The van der Waals surface area contributed by atoms with Gasteiger partial charge in [0.05, 0.1) is 0 Å². The average Bonchev–Trinajstić information content (AvgIpc) is 2.12. The van der Waals surface area contributed by atoms with Crippen molar-refractivity contribution < 1.29 is 4.79 Å². The Labute approximate surface area is 87.6 Å². The zero-order valence-corrected chi connectivity index (χ0v) is 8.80. The lowest BCUT2D eigenvalue weighted by atomic mass is 10.2. The Hall–Kier alpha value is -1.26. The van der Waals surface area contributed by atoms with Crippen LogP contribution in [-0.2, 0) is 0 Å². The number of anilines is 1. The Morgan fingerprint density at radius 3 is 2.79 bits per heavy atom. The molecular formula is C9H12ClN3O. The molecule has 0 heterocycles. The lowest BCUT2D eigenvalue weighted by molar-refractivity contribution is 0.223. The van der Waals surface area contributed by atoms with Crippen molar-refractivity contribution in [2.45, 2.75) is 6.92 Å². The van der Waals surface area contributed by atoms with Gasteiger partial charge in [0, 0.05) is 17.8 Å². The van der Waals surface area contributed by atoms with Gasteiger partial charge in [-0.3, -0.25) is 5.01 Å². The van der Waals surface area contributed by atoms with E-state index in [-0.39, 0.29) is 6.03 Å². The molecule has 5 heteroatoms. The summed E-state index contributed by atoms with van der Waals surface area (Å²) >= 11 is 5.88. The summed E-state index contributed by atoms with van der Waals surface area (Å²) in [7, 11) is 1.47. The molecule has 0 aliphatic carbocycles. The summed E-state index contributed by atoms with van der Waals surface area (Å²) in [5.41, 5.74) is 1.49. The molecule has 0 spiro atoms. The number of hydrogen-bond donors (Lipinski definition) is 2. The third-order valence-corrected chi connectivity index (χ3v) is 2.24. The van der Waals surface area contributed by atoms with Gasteiger partial charge >= 0.3 is 6.03 Å². The van der Waals surface area contributed by atoms with E-state index in [1.165, 1.54) is 7.05 Å². The summed E-state index contributed by atoms with van der Waals surface area (Å²) in [5, 5.41) is 4.21. The third kappa shape index (κ3) is 2.37. The van der Waals surface area contributed by atoms with E-state index in [0.717, 1.165) is 10.6 Å². The second-order valence-electron chi connectivity index (χ2n) is 2.95. The van der Waals surface area contributed by atoms with Crippen molar-refractivity contribution in [1.82, 2.24) is 5.01 Å². The van der Waals surface area contributed by atoms with Gasteiger partial charge in [0.1, 0.15) is 0 Å². The molecule has 14 heavy (non-hydrogen) atoms. The van der Waals surface area contributed by atoms with E-state index in [1.807, 2.05) is 6.92 Å². The standard InChI is InChI=1S/C9H12ClN3O/c1-6-7(10)4-3-5-8(6)12-9(14)13(2)11/h3-5H,11H2,1-2H3,(H,12,14). The van der Waals surface area contributed by atoms with E-state index < -0.39 is 0 Å². The molecule has 1 aromatic rings. The zero-order valence-electron chi connectivity index (χ0n) is 8.04. The highest BCUT2D eigenvalue weighted by Gasteiger charge is 2.07. The fourth-order valence-corrected chi connectivity index (χ4v) is 1.12. The van der Waals surface area contributed by atoms with Crippen molar-refractivity contribution in [2.75, 3.05) is 12.4 Å². The highest BCUT2D eigenvalue weighted by Crippen LogP contribution is 2.22. The number of amides is 2. The Bertz CT molecular complexity index is 352. The van der Waals surface area contributed by atoms with E-state index in [0.29, 0.717) is 10.7 Å². The van der Waals surface area contributed by atoms with Crippen molar-refractivity contribution in [3.05, 3.63) is 28.8 Å². The van der Waals surface area contributed by atoms with Crippen LogP contribution in [0.3, 0.4) is 0 Å². The summed E-state index contributed by atoms with van der Waals surface area (Å²) in [6.45, 7) is 1.83. The molecule has 1 rings (SSSR count). The minimum Gasteiger partial charge on any atom is -0.306 e. The molecule has 0 aromatic heterocycles. The number of urea groups is 1. The first-order valence-corrected chi connectivity index (χ1v) is 4.44. The third-order valence-electron chi connectivity index (χ3n) is 1.83. The number of nitrogens with zero attached hydrogens (tertiary/aromatic N) is 1. The number of carbonyl (C=O) groups excluding carboxylic acids is 1. The topological polar surface area (TPSA) is 58.4 Å². The molecule has 2 amide bonds. The largest absolute Gasteiger partial charge is 0.335 e. The SMILES string of the molecule is Cc1c(Cl)cccc1NC(=O)N(C)N. The predicted molar refractivity (Wildman–Crippen MR) is 57.2 cm³/mol. The molecule has 1 aromatic carbocycles. The maximum Gasteiger partial charge on any atom is 0.335 e. The van der Waals surface area contributed by atoms with Crippen LogP contribution in [0, 0.1) is 6.92 Å². The number of rotatable bonds is 1. The van der Waals surface area contributed by atoms with Gasteiger partial charge in [0.25, 0.3) is 0 Å². The van der Waals surface area contributed by atoms with Crippen molar-refractivity contribution in [1.29, 1.82) is 0 Å². The van der Waals surface area contributed by atoms with E-state index in [2.05, 4.69) is 5.32 Å². The summed E-state index contributed by atoms with van der Waals surface area (Å²) in [6.07, 6.45) is 0. The predicted octanol–water partition coefficient (Wildman–Crippen LogP) is 1.99. The number of halogens is 1. The van der Waals surface area contributed by atoms with Gasteiger partial charge in [0.2, 0.25) is 0 Å². The lowest BCUT2D eigenvalue weighted by Gasteiger charge is -2.13. The van der Waals surface area contributed by atoms with Gasteiger partial charge in [-0.2, -0.15) is 0 Å². The number of hydrazine groups is 1. The van der Waals surface area contributed by atoms with Gasteiger partial charge in [-0.1, -0.05) is 17.7 Å². The molecule has 0 radical (unpaired) electrons. The van der Waals surface area contributed by atoms with Crippen LogP contribution in [0.4, 0.5) is 10.5 Å². The number of nitrogens with two attached hydrogens (primary N) is 1. The van der Waals surface area contributed by atoms with Crippen LogP contribution in [0.15, 0.2) is 18.2 Å². The van der Waals surface area contributed by atoms with Crippen LogP contribution < -0.4 is 11.2 Å². The molecule has 0 saturated heterocycles. The van der Waals surface area contributed by atoms with Gasteiger partial charge in [0.15, 0.2) is 0 Å². The van der Waals surface area contributed by atoms with E-state index in [9.17, 15) is 4.79 Å². The number of carbonyl (C=O) groups is 1. The Balaban J connectivity index is 2.87. The molecular weight excluding hydrogens is 202 g/mol. The zero-order chi connectivity index (χ0) is 10.7. The summed E-state index contributed by atoms with van der Waals surface area (Å²) < 4.78 is 0. The number of hydrogen-bond acceptors (Lipinski definition) is 2. The fourth-order valence-electron chi connectivity index (χ4n) is 0.946. The maximum absolute atomic E-state index is 11.2. The first-order chi connectivity index (χ1) is 6.52. The normalized spacial score (nSPS) is 9.71. The van der Waals surface area contributed by atoms with Crippen molar-refractivity contribution >= 4 is 23.3 Å². The molecule has 0 aliphatic rings. The molecule has 0 aliphatic heterocycles. The highest BCUT2D eigenvalue weighted by atomic mass is 35.5. The smallest absolute Gasteiger partial charge is 0.306 e. The van der Waals surface area contributed by atoms with Gasteiger partial charge < -0.3 is 5.32 Å². The summed E-state index contributed by atoms with van der Waals surface area (Å²) in [4.78, 5) is 11.2. The molecule has 76 valence electrons. The van der Waals surface area contributed by atoms with Crippen LogP contribution >= 0.6 is 11.6 Å². The first-order valence-electron chi connectivity index (χ1n) is 4.07. The monoisotopic (exact) mass is 213 g/mol. The Morgan fingerprint density at radius 1 is 1.57 bits per heavy atom. The molecule has 0 bridgehead atoms. The van der Waals surface area contributed by atoms with Gasteiger partial charge in [-0.15, -0.1) is 0 Å². The van der Waals surface area contributed by atoms with Crippen LogP contribution in [0.25, 0.3) is 0 Å². The van der Waals surface area contributed by atoms with Crippen molar-refractivity contribution in [3.63, 3.8) is 0 Å². The molecule has 0 atom stereocenters. The summed E-state index contributed by atoms with van der Waals surface area (Å²) in [6, 6.07) is 4.92. The minimum atomic E-state index is -0.379. The second kappa shape index (κ2) is 4.30. The van der Waals surface area contributed by atoms with Crippen LogP contribution in [0.5, 0.6) is 0 Å². The van der Waals surface area contributed by atoms with Crippen LogP contribution in [0.1, 0.15) is 5.56 Å². The molecule has 0 fully saturated rings. The van der Waals surface area contributed by atoms with E-state index in [1.54, 1.807) is 18.2 Å². The fraction of sp³-hybridized carbons (Fsp3) is 0.222. The van der Waals surface area contributed by atoms with Gasteiger partial charge in [-0.05, 0) is 24.6 Å². The summed E-state index contributed by atoms with van der Waals surface area (Å²) in [5.74, 6) is 5.26. The molecule has 0 saturated carbocycles. The minimum absolute atomic E-state index is 0.379. The number of nitrogens with one attached hydrogen (secondary N) is 1. The first kappa shape index (κ1) is 10.8. The van der Waals surface area contributed by atoms with Crippen LogP contribution in [-0.4, -0.2) is 18.1 Å². The second-order valence-corrected chi connectivity index (χ2v) is 3.36. The lowest BCUT2D eigenvalue weighted by Crippen LogP contribution is -2.36. The molecule has 3 N–H and O–H groups in total. The van der Waals surface area contributed by atoms with Crippen LogP contribution in [0.2, 0.25) is 5.02 Å².